The number of nitrogens with one attached hydrogen (secondary N) is 1. The Morgan fingerprint density at radius 2 is 1.67 bits per heavy atom. The Morgan fingerprint density at radius 1 is 1.00 bits per heavy atom. The van der Waals surface area contributed by atoms with Crippen LogP contribution in [0.5, 0.6) is 5.75 Å². The second-order valence-corrected chi connectivity index (χ2v) is 9.16. The minimum Gasteiger partial charge on any atom is -0.497 e. The fraction of sp³-hybridized carbons (Fsp3) is 0.241. The van der Waals surface area contributed by atoms with Gasteiger partial charge in [0.1, 0.15) is 17.6 Å². The van der Waals surface area contributed by atoms with Gasteiger partial charge in [-0.25, -0.2) is 9.18 Å². The van der Waals surface area contributed by atoms with Crippen molar-refractivity contribution >= 4 is 46.5 Å². The van der Waals surface area contributed by atoms with E-state index in [1.807, 2.05) is 24.3 Å². The van der Waals surface area contributed by atoms with Gasteiger partial charge in [-0.3, -0.25) is 14.5 Å². The Morgan fingerprint density at radius 3 is 2.28 bits per heavy atom. The molecule has 1 atom stereocenters. The lowest BCUT2D eigenvalue weighted by atomic mass is 10.1. The highest BCUT2D eigenvalue weighted by atomic mass is 32.1. The summed E-state index contributed by atoms with van der Waals surface area (Å²) in [7, 11) is 1.59. The third-order valence-corrected chi connectivity index (χ3v) is 6.68. The summed E-state index contributed by atoms with van der Waals surface area (Å²) >= 11 is 5.67. The molecule has 1 N–H and O–H groups in total. The second kappa shape index (κ2) is 12.5. The van der Waals surface area contributed by atoms with E-state index in [9.17, 15) is 18.8 Å². The standard InChI is InChI=1S/C29H28FN3O5S/c1-3-38-28(36)20-6-10-22(11-7-20)31-26(34)18-25-27(35)33(23-12-8-21(30)9-13-23)29(39)32(25)17-16-19-4-14-24(37-2)15-5-19/h4-15,25H,3,16-18H2,1-2H3,(H,31,34)/t25-/m1/s1. The van der Waals surface area contributed by atoms with Gasteiger partial charge >= 0.3 is 5.97 Å². The van der Waals surface area contributed by atoms with Crippen molar-refractivity contribution in [2.24, 2.45) is 0 Å². The van der Waals surface area contributed by atoms with Crippen molar-refractivity contribution in [2.75, 3.05) is 30.5 Å². The number of anilines is 2. The molecule has 1 aliphatic rings. The summed E-state index contributed by atoms with van der Waals surface area (Å²) in [5.41, 5.74) is 2.28. The van der Waals surface area contributed by atoms with Gasteiger partial charge in [0.25, 0.3) is 5.91 Å². The molecule has 10 heteroatoms. The fourth-order valence-electron chi connectivity index (χ4n) is 4.25. The van der Waals surface area contributed by atoms with Crippen molar-refractivity contribution in [1.82, 2.24) is 4.90 Å². The molecule has 0 aromatic heterocycles. The van der Waals surface area contributed by atoms with Crippen molar-refractivity contribution < 1.29 is 28.2 Å². The van der Waals surface area contributed by atoms with E-state index in [2.05, 4.69) is 5.32 Å². The first-order valence-electron chi connectivity index (χ1n) is 12.4. The lowest BCUT2D eigenvalue weighted by molar-refractivity contribution is -0.124. The van der Waals surface area contributed by atoms with E-state index in [4.69, 9.17) is 21.7 Å². The molecule has 1 saturated heterocycles. The fourth-order valence-corrected chi connectivity index (χ4v) is 4.66. The van der Waals surface area contributed by atoms with Crippen LogP contribution in [0.15, 0.2) is 72.8 Å². The molecule has 202 valence electrons. The molecule has 4 rings (SSSR count). The minimum atomic E-state index is -0.848. The van der Waals surface area contributed by atoms with Gasteiger partial charge in [0.05, 0.1) is 31.4 Å². The molecule has 0 spiro atoms. The van der Waals surface area contributed by atoms with Gasteiger partial charge < -0.3 is 19.7 Å². The van der Waals surface area contributed by atoms with Gasteiger partial charge in [0, 0.05) is 12.2 Å². The lowest BCUT2D eigenvalue weighted by Gasteiger charge is -2.24. The summed E-state index contributed by atoms with van der Waals surface area (Å²) in [4.78, 5) is 41.5. The highest BCUT2D eigenvalue weighted by molar-refractivity contribution is 7.80. The van der Waals surface area contributed by atoms with Crippen LogP contribution in [0.3, 0.4) is 0 Å². The molecule has 0 aliphatic carbocycles. The number of halogens is 1. The highest BCUT2D eigenvalue weighted by Crippen LogP contribution is 2.28. The molecule has 0 unspecified atom stereocenters. The largest absolute Gasteiger partial charge is 0.497 e. The zero-order valence-electron chi connectivity index (χ0n) is 21.6. The van der Waals surface area contributed by atoms with Crippen molar-refractivity contribution in [1.29, 1.82) is 0 Å². The van der Waals surface area contributed by atoms with E-state index in [1.165, 1.54) is 29.2 Å². The Labute approximate surface area is 231 Å². The summed E-state index contributed by atoms with van der Waals surface area (Å²) in [6.07, 6.45) is 0.418. The van der Waals surface area contributed by atoms with Crippen LogP contribution in [0.2, 0.25) is 0 Å². The van der Waals surface area contributed by atoms with Gasteiger partial charge in [-0.05, 0) is 91.8 Å². The number of esters is 1. The summed E-state index contributed by atoms with van der Waals surface area (Å²) in [5, 5.41) is 3.02. The molecule has 0 bridgehead atoms. The first-order valence-corrected chi connectivity index (χ1v) is 12.8. The van der Waals surface area contributed by atoms with Gasteiger partial charge in [-0.15, -0.1) is 0 Å². The minimum absolute atomic E-state index is 0.154. The third-order valence-electron chi connectivity index (χ3n) is 6.26. The predicted molar refractivity (Wildman–Crippen MR) is 149 cm³/mol. The molecule has 1 heterocycles. The smallest absolute Gasteiger partial charge is 0.338 e. The van der Waals surface area contributed by atoms with Gasteiger partial charge in [0.15, 0.2) is 5.11 Å². The number of rotatable bonds is 10. The number of methoxy groups -OCH3 is 1. The van der Waals surface area contributed by atoms with Gasteiger partial charge in [-0.1, -0.05) is 12.1 Å². The van der Waals surface area contributed by atoms with E-state index in [0.29, 0.717) is 29.9 Å². The van der Waals surface area contributed by atoms with E-state index in [0.717, 1.165) is 11.3 Å². The maximum Gasteiger partial charge on any atom is 0.338 e. The number of benzene rings is 3. The molecule has 1 fully saturated rings. The first-order chi connectivity index (χ1) is 18.8. The number of hydrogen-bond acceptors (Lipinski definition) is 6. The quantitative estimate of drug-likeness (QED) is 0.293. The molecule has 0 radical (unpaired) electrons. The van der Waals surface area contributed by atoms with Crippen molar-refractivity contribution in [3.8, 4) is 5.75 Å². The predicted octanol–water partition coefficient (Wildman–Crippen LogP) is 4.58. The number of nitrogens with zero attached hydrogens (tertiary/aromatic N) is 2. The molecule has 1 aliphatic heterocycles. The Bertz CT molecular complexity index is 1350. The second-order valence-electron chi connectivity index (χ2n) is 8.79. The molecule has 3 aromatic carbocycles. The van der Waals surface area contributed by atoms with Crippen LogP contribution in [0.1, 0.15) is 29.3 Å². The van der Waals surface area contributed by atoms with Gasteiger partial charge in [0.2, 0.25) is 5.91 Å². The van der Waals surface area contributed by atoms with Crippen LogP contribution in [-0.2, 0) is 20.7 Å². The van der Waals surface area contributed by atoms with Crippen molar-refractivity contribution in [2.45, 2.75) is 25.8 Å². The Balaban J connectivity index is 1.50. The Hall–Kier alpha value is -4.31. The molecular weight excluding hydrogens is 521 g/mol. The van der Waals surface area contributed by atoms with Crippen LogP contribution in [0.25, 0.3) is 0 Å². The summed E-state index contributed by atoms with van der Waals surface area (Å²) in [6, 6.07) is 18.5. The molecular formula is C29H28FN3O5S. The Kier molecular flexibility index (Phi) is 8.88. The van der Waals surface area contributed by atoms with E-state index >= 15 is 0 Å². The molecule has 0 saturated carbocycles. The monoisotopic (exact) mass is 549 g/mol. The number of carbonyl (C=O) groups excluding carboxylic acids is 3. The number of ether oxygens (including phenoxy) is 2. The van der Waals surface area contributed by atoms with E-state index in [-0.39, 0.29) is 24.0 Å². The van der Waals surface area contributed by atoms with E-state index in [1.54, 1.807) is 43.2 Å². The third kappa shape index (κ3) is 6.58. The molecule has 2 amide bonds. The summed E-state index contributed by atoms with van der Waals surface area (Å²) in [6.45, 7) is 2.37. The number of thiocarbonyl (C=S) groups is 1. The summed E-state index contributed by atoms with van der Waals surface area (Å²) < 4.78 is 23.7. The van der Waals surface area contributed by atoms with Crippen LogP contribution >= 0.6 is 12.2 Å². The molecule has 8 nitrogen and oxygen atoms in total. The molecule has 3 aromatic rings. The number of carbonyl (C=O) groups is 3. The van der Waals surface area contributed by atoms with Gasteiger partial charge in [-0.2, -0.15) is 0 Å². The van der Waals surface area contributed by atoms with Crippen molar-refractivity contribution in [3.05, 3.63) is 89.7 Å². The average Bonchev–Trinajstić information content (AvgIpc) is 3.16. The summed E-state index contributed by atoms with van der Waals surface area (Å²) in [5.74, 6) is -0.908. The van der Waals surface area contributed by atoms with Crippen molar-refractivity contribution in [3.63, 3.8) is 0 Å². The van der Waals surface area contributed by atoms with Crippen LogP contribution in [0.4, 0.5) is 15.8 Å². The normalized spacial score (nSPS) is 14.9. The maximum atomic E-state index is 13.5. The number of amides is 2. The molecule has 39 heavy (non-hydrogen) atoms. The van der Waals surface area contributed by atoms with Crippen LogP contribution in [-0.4, -0.2) is 54.1 Å². The van der Waals surface area contributed by atoms with Crippen LogP contribution in [0, 0.1) is 5.82 Å². The SMILES string of the molecule is CCOC(=O)c1ccc(NC(=O)C[C@@H]2C(=O)N(c3ccc(F)cc3)C(=S)N2CCc2ccc(OC)cc2)cc1. The first kappa shape index (κ1) is 27.7. The van der Waals surface area contributed by atoms with E-state index < -0.39 is 23.7 Å². The topological polar surface area (TPSA) is 88.2 Å². The highest BCUT2D eigenvalue weighted by Gasteiger charge is 2.43. The average molecular weight is 550 g/mol. The number of hydrogen-bond donors (Lipinski definition) is 1. The zero-order valence-corrected chi connectivity index (χ0v) is 22.4. The lowest BCUT2D eigenvalue weighted by Crippen LogP contribution is -2.39. The zero-order chi connectivity index (χ0) is 27.9. The van der Waals surface area contributed by atoms with Crippen LogP contribution < -0.4 is 15.0 Å². The maximum absolute atomic E-state index is 13.5.